The van der Waals surface area contributed by atoms with Crippen LogP contribution in [0.4, 0.5) is 11.4 Å². The number of nitrogens with zero attached hydrogens (tertiary/aromatic N) is 1. The molecular formula is C17H15ClN2O3S2. The van der Waals surface area contributed by atoms with Gasteiger partial charge in [0.05, 0.1) is 9.51 Å². The monoisotopic (exact) mass is 394 g/mol. The van der Waals surface area contributed by atoms with Crippen molar-refractivity contribution >= 4 is 52.4 Å². The normalized spacial score (nSPS) is 14.9. The molecule has 0 saturated carbocycles. The molecule has 0 unspecified atom stereocenters. The number of halogens is 1. The highest BCUT2D eigenvalue weighted by atomic mass is 35.5. The molecule has 0 aliphatic carbocycles. The van der Waals surface area contributed by atoms with Crippen molar-refractivity contribution in [3.8, 4) is 0 Å². The quantitative estimate of drug-likeness (QED) is 0.557. The van der Waals surface area contributed by atoms with Crippen LogP contribution < -0.4 is 5.32 Å². The first-order valence-corrected chi connectivity index (χ1v) is 10.1. The summed E-state index contributed by atoms with van der Waals surface area (Å²) in [4.78, 5) is 22.7. The van der Waals surface area contributed by atoms with E-state index in [2.05, 4.69) is 5.32 Å². The summed E-state index contributed by atoms with van der Waals surface area (Å²) in [5.41, 5.74) is 1.81. The van der Waals surface area contributed by atoms with Gasteiger partial charge in [-0.1, -0.05) is 23.7 Å². The number of anilines is 1. The van der Waals surface area contributed by atoms with E-state index in [1.165, 1.54) is 30.2 Å². The molecule has 1 amide bonds. The van der Waals surface area contributed by atoms with Crippen molar-refractivity contribution in [1.29, 1.82) is 0 Å². The van der Waals surface area contributed by atoms with Gasteiger partial charge >= 0.3 is 0 Å². The number of nitrogens with one attached hydrogen (secondary N) is 1. The molecule has 25 heavy (non-hydrogen) atoms. The largest absolute Gasteiger partial charge is 0.322 e. The Kier molecular flexibility index (Phi) is 5.88. The summed E-state index contributed by atoms with van der Waals surface area (Å²) in [5, 5.41) is 13.6. The number of nitro groups is 1. The Morgan fingerprint density at radius 3 is 2.48 bits per heavy atom. The summed E-state index contributed by atoms with van der Waals surface area (Å²) in [7, 11) is 0. The minimum Gasteiger partial charge on any atom is -0.322 e. The van der Waals surface area contributed by atoms with Crippen molar-refractivity contribution in [2.45, 2.75) is 11.0 Å². The second-order valence-corrected chi connectivity index (χ2v) is 8.56. The van der Waals surface area contributed by atoms with Gasteiger partial charge in [0.2, 0.25) is 0 Å². The fourth-order valence-corrected chi connectivity index (χ4v) is 5.49. The van der Waals surface area contributed by atoms with E-state index in [-0.39, 0.29) is 16.6 Å². The SMILES string of the molecule is O=C(Nc1ccc(Cl)c([N+](=O)[O-])c1)c1ccc(C2SCCCS2)cc1. The molecule has 0 atom stereocenters. The lowest BCUT2D eigenvalue weighted by Gasteiger charge is -2.21. The van der Waals surface area contributed by atoms with Crippen LogP contribution >= 0.6 is 35.1 Å². The van der Waals surface area contributed by atoms with Crippen LogP contribution in [0.3, 0.4) is 0 Å². The minimum atomic E-state index is -0.577. The number of nitro benzene ring substituents is 1. The summed E-state index contributed by atoms with van der Waals surface area (Å²) in [5.74, 6) is 2.01. The number of hydrogen-bond donors (Lipinski definition) is 1. The maximum absolute atomic E-state index is 12.3. The summed E-state index contributed by atoms with van der Waals surface area (Å²) in [6.45, 7) is 0. The standard InChI is InChI=1S/C17H15ClN2O3S2/c18-14-7-6-13(10-15(14)20(22)23)19-16(21)11-2-4-12(5-3-11)17-24-8-1-9-25-17/h2-7,10,17H,1,8-9H2,(H,19,21). The molecule has 0 spiro atoms. The van der Waals surface area contributed by atoms with Gasteiger partial charge in [-0.25, -0.2) is 0 Å². The van der Waals surface area contributed by atoms with Gasteiger partial charge in [0, 0.05) is 17.3 Å². The molecule has 1 heterocycles. The lowest BCUT2D eigenvalue weighted by Crippen LogP contribution is -2.12. The molecule has 8 heteroatoms. The summed E-state index contributed by atoms with van der Waals surface area (Å²) < 4.78 is 0.421. The molecule has 1 aliphatic heterocycles. The Hall–Kier alpha value is -1.70. The Morgan fingerprint density at radius 1 is 1.16 bits per heavy atom. The number of rotatable bonds is 4. The fourth-order valence-electron chi connectivity index (χ4n) is 2.41. The van der Waals surface area contributed by atoms with E-state index < -0.39 is 4.92 Å². The molecular weight excluding hydrogens is 380 g/mol. The molecule has 0 aromatic heterocycles. The summed E-state index contributed by atoms with van der Waals surface area (Å²) >= 11 is 9.63. The zero-order valence-electron chi connectivity index (χ0n) is 13.1. The molecule has 0 bridgehead atoms. The van der Waals surface area contributed by atoms with E-state index in [1.807, 2.05) is 35.7 Å². The van der Waals surface area contributed by atoms with Gasteiger partial charge in [0.25, 0.3) is 11.6 Å². The van der Waals surface area contributed by atoms with Crippen LogP contribution in [0, 0.1) is 10.1 Å². The lowest BCUT2D eigenvalue weighted by molar-refractivity contribution is -0.384. The first-order valence-electron chi connectivity index (χ1n) is 7.63. The molecule has 5 nitrogen and oxygen atoms in total. The van der Waals surface area contributed by atoms with Crippen molar-refractivity contribution < 1.29 is 9.72 Å². The van der Waals surface area contributed by atoms with Gasteiger partial charge in [-0.15, -0.1) is 23.5 Å². The maximum Gasteiger partial charge on any atom is 0.289 e. The first-order chi connectivity index (χ1) is 12.0. The average molecular weight is 395 g/mol. The molecule has 1 aliphatic rings. The van der Waals surface area contributed by atoms with Crippen LogP contribution in [0.1, 0.15) is 26.9 Å². The number of hydrogen-bond acceptors (Lipinski definition) is 5. The molecule has 2 aromatic rings. The number of carbonyl (C=O) groups excluding carboxylic acids is 1. The van der Waals surface area contributed by atoms with Crippen molar-refractivity contribution in [3.63, 3.8) is 0 Å². The maximum atomic E-state index is 12.3. The van der Waals surface area contributed by atoms with E-state index in [4.69, 9.17) is 11.6 Å². The first kappa shape index (κ1) is 18.1. The van der Waals surface area contributed by atoms with Crippen molar-refractivity contribution in [2.75, 3.05) is 16.8 Å². The van der Waals surface area contributed by atoms with E-state index in [1.54, 1.807) is 12.1 Å². The third-order valence-corrected chi connectivity index (χ3v) is 7.01. The van der Waals surface area contributed by atoms with Crippen LogP contribution in [0.25, 0.3) is 0 Å². The number of benzene rings is 2. The molecule has 1 fully saturated rings. The van der Waals surface area contributed by atoms with Crippen LogP contribution in [-0.4, -0.2) is 22.3 Å². The minimum absolute atomic E-state index is 0.0369. The molecule has 130 valence electrons. The van der Waals surface area contributed by atoms with Crippen molar-refractivity contribution in [2.24, 2.45) is 0 Å². The highest BCUT2D eigenvalue weighted by Gasteiger charge is 2.18. The highest BCUT2D eigenvalue weighted by Crippen LogP contribution is 2.43. The third kappa shape index (κ3) is 4.48. The Morgan fingerprint density at radius 2 is 1.84 bits per heavy atom. The molecule has 3 rings (SSSR count). The molecule has 0 radical (unpaired) electrons. The van der Waals surface area contributed by atoms with Gasteiger partial charge in [0.15, 0.2) is 0 Å². The number of carbonyl (C=O) groups is 1. The van der Waals surface area contributed by atoms with Gasteiger partial charge in [-0.3, -0.25) is 14.9 Å². The second kappa shape index (κ2) is 8.12. The van der Waals surface area contributed by atoms with Crippen molar-refractivity contribution in [3.05, 3.63) is 68.7 Å². The predicted molar refractivity (Wildman–Crippen MR) is 105 cm³/mol. The van der Waals surface area contributed by atoms with E-state index in [0.29, 0.717) is 15.8 Å². The van der Waals surface area contributed by atoms with E-state index in [9.17, 15) is 14.9 Å². The van der Waals surface area contributed by atoms with Gasteiger partial charge in [-0.05, 0) is 47.8 Å². The van der Waals surface area contributed by atoms with Gasteiger partial charge < -0.3 is 5.32 Å². The average Bonchev–Trinajstić information content (AvgIpc) is 2.64. The molecule has 1 N–H and O–H groups in total. The van der Waals surface area contributed by atoms with E-state index in [0.717, 1.165) is 11.5 Å². The highest BCUT2D eigenvalue weighted by molar-refractivity contribution is 8.16. The Bertz CT molecular complexity index is 793. The van der Waals surface area contributed by atoms with Crippen LogP contribution in [0.2, 0.25) is 5.02 Å². The number of thioether (sulfide) groups is 2. The smallest absolute Gasteiger partial charge is 0.289 e. The molecule has 1 saturated heterocycles. The Labute approximate surface area is 158 Å². The zero-order valence-corrected chi connectivity index (χ0v) is 15.5. The topological polar surface area (TPSA) is 72.2 Å². The summed E-state index contributed by atoms with van der Waals surface area (Å²) in [6, 6.07) is 11.7. The third-order valence-electron chi connectivity index (χ3n) is 3.67. The van der Waals surface area contributed by atoms with Crippen LogP contribution in [0.15, 0.2) is 42.5 Å². The molecule has 2 aromatic carbocycles. The van der Waals surface area contributed by atoms with E-state index >= 15 is 0 Å². The Balaban J connectivity index is 1.71. The van der Waals surface area contributed by atoms with Crippen LogP contribution in [-0.2, 0) is 0 Å². The summed E-state index contributed by atoms with van der Waals surface area (Å²) in [6.07, 6.45) is 1.24. The van der Waals surface area contributed by atoms with Crippen molar-refractivity contribution in [1.82, 2.24) is 0 Å². The zero-order chi connectivity index (χ0) is 17.8. The van der Waals surface area contributed by atoms with Gasteiger partial charge in [-0.2, -0.15) is 0 Å². The lowest BCUT2D eigenvalue weighted by atomic mass is 10.1. The number of amides is 1. The van der Waals surface area contributed by atoms with Crippen LogP contribution in [0.5, 0.6) is 0 Å². The fraction of sp³-hybridized carbons (Fsp3) is 0.235. The van der Waals surface area contributed by atoms with Gasteiger partial charge in [0.1, 0.15) is 5.02 Å². The second-order valence-electron chi connectivity index (χ2n) is 5.43. The predicted octanol–water partition coefficient (Wildman–Crippen LogP) is 5.37.